The van der Waals surface area contributed by atoms with Gasteiger partial charge in [0.25, 0.3) is 0 Å². The molecule has 6 aromatic rings. The van der Waals surface area contributed by atoms with Gasteiger partial charge >= 0.3 is 0 Å². The maximum atomic E-state index is 5.12. The van der Waals surface area contributed by atoms with E-state index in [1.165, 1.54) is 4.70 Å². The molecule has 0 aliphatic carbocycles. The van der Waals surface area contributed by atoms with E-state index in [0.29, 0.717) is 0 Å². The first-order chi connectivity index (χ1) is 13.4. The van der Waals surface area contributed by atoms with Crippen molar-refractivity contribution in [2.75, 3.05) is 0 Å². The van der Waals surface area contributed by atoms with E-state index in [4.69, 9.17) is 4.42 Å². The SMILES string of the molecule is c1ccc2[nH]cnc2c1.c1ccc2occc2c1.c1ccc2scnc2c1. The van der Waals surface area contributed by atoms with Gasteiger partial charge in [0.1, 0.15) is 5.58 Å². The summed E-state index contributed by atoms with van der Waals surface area (Å²) in [7, 11) is 0. The first-order valence-corrected chi connectivity index (χ1v) is 9.37. The lowest BCUT2D eigenvalue weighted by Gasteiger charge is -1.81. The molecule has 0 atom stereocenters. The highest BCUT2D eigenvalue weighted by molar-refractivity contribution is 7.16. The fourth-order valence-electron chi connectivity index (χ4n) is 2.59. The Morgan fingerprint density at radius 2 is 1.52 bits per heavy atom. The predicted molar refractivity (Wildman–Crippen MR) is 112 cm³/mol. The molecule has 0 amide bonds. The number of benzene rings is 3. The minimum atomic E-state index is 0.956. The molecule has 3 aromatic heterocycles. The van der Waals surface area contributed by atoms with Gasteiger partial charge in [-0.1, -0.05) is 42.5 Å². The van der Waals surface area contributed by atoms with Crippen molar-refractivity contribution in [3.8, 4) is 0 Å². The van der Waals surface area contributed by atoms with Gasteiger partial charge in [0.2, 0.25) is 0 Å². The fourth-order valence-corrected chi connectivity index (χ4v) is 3.27. The summed E-state index contributed by atoms with van der Waals surface area (Å²) in [5.74, 6) is 0. The molecule has 0 saturated carbocycles. The molecule has 4 nitrogen and oxygen atoms in total. The third-order valence-electron chi connectivity index (χ3n) is 3.93. The van der Waals surface area contributed by atoms with Crippen molar-refractivity contribution in [3.63, 3.8) is 0 Å². The highest BCUT2D eigenvalue weighted by Gasteiger charge is 1.90. The molecule has 132 valence electrons. The summed E-state index contributed by atoms with van der Waals surface area (Å²) in [4.78, 5) is 11.2. The van der Waals surface area contributed by atoms with Crippen LogP contribution in [0.3, 0.4) is 0 Å². The first kappa shape index (κ1) is 17.0. The van der Waals surface area contributed by atoms with Crippen LogP contribution in [0.1, 0.15) is 0 Å². The minimum absolute atomic E-state index is 0.956. The van der Waals surface area contributed by atoms with Crippen LogP contribution in [0.5, 0.6) is 0 Å². The summed E-state index contributed by atoms with van der Waals surface area (Å²) >= 11 is 1.68. The van der Waals surface area contributed by atoms with Crippen LogP contribution in [0.2, 0.25) is 0 Å². The van der Waals surface area contributed by atoms with Gasteiger partial charge < -0.3 is 9.40 Å². The monoisotopic (exact) mass is 371 g/mol. The van der Waals surface area contributed by atoms with Gasteiger partial charge in [0.05, 0.1) is 39.4 Å². The highest BCUT2D eigenvalue weighted by atomic mass is 32.1. The van der Waals surface area contributed by atoms with E-state index in [1.54, 1.807) is 23.9 Å². The van der Waals surface area contributed by atoms with E-state index in [0.717, 1.165) is 27.5 Å². The number of nitrogens with zero attached hydrogens (tertiary/aromatic N) is 2. The molecule has 0 aliphatic heterocycles. The number of imidazole rings is 1. The number of hydrogen-bond acceptors (Lipinski definition) is 4. The molecule has 0 unspecified atom stereocenters. The van der Waals surface area contributed by atoms with Gasteiger partial charge in [-0.2, -0.15) is 0 Å². The van der Waals surface area contributed by atoms with Crippen molar-refractivity contribution < 1.29 is 4.42 Å². The molecule has 0 fully saturated rings. The van der Waals surface area contributed by atoms with Crippen LogP contribution in [0.25, 0.3) is 32.2 Å². The van der Waals surface area contributed by atoms with Crippen molar-refractivity contribution in [2.24, 2.45) is 0 Å². The van der Waals surface area contributed by atoms with Crippen LogP contribution in [-0.2, 0) is 0 Å². The maximum absolute atomic E-state index is 5.12. The lowest BCUT2D eigenvalue weighted by atomic mass is 10.3. The average Bonchev–Trinajstić information content (AvgIpc) is 3.48. The zero-order valence-electron chi connectivity index (χ0n) is 14.4. The number of rotatable bonds is 0. The summed E-state index contributed by atoms with van der Waals surface area (Å²) in [6.45, 7) is 0. The van der Waals surface area contributed by atoms with Crippen LogP contribution in [0.15, 0.2) is 101 Å². The Bertz CT molecular complexity index is 1000. The standard InChI is InChI=1S/C8H6O.C7H6N2.C7H5NS/c1-2-4-8-7(3-1)5-6-9-8;2*1-2-4-7-6(3-1)8-5-9-7/h1-6H;1-5H,(H,8,9);1-5H. The van der Waals surface area contributed by atoms with Crippen molar-refractivity contribution in [2.45, 2.75) is 0 Å². The molecule has 3 heterocycles. The van der Waals surface area contributed by atoms with Crippen LogP contribution >= 0.6 is 11.3 Å². The van der Waals surface area contributed by atoms with Gasteiger partial charge in [0, 0.05) is 5.39 Å². The molecule has 0 aliphatic rings. The van der Waals surface area contributed by atoms with E-state index in [-0.39, 0.29) is 0 Å². The molecule has 0 radical (unpaired) electrons. The Morgan fingerprint density at radius 3 is 2.37 bits per heavy atom. The van der Waals surface area contributed by atoms with Crippen molar-refractivity contribution in [1.29, 1.82) is 0 Å². The first-order valence-electron chi connectivity index (χ1n) is 8.49. The number of H-pyrrole nitrogens is 1. The number of furan rings is 1. The number of thiazole rings is 1. The summed E-state index contributed by atoms with van der Waals surface area (Å²) in [5.41, 5.74) is 6.04. The minimum Gasteiger partial charge on any atom is -0.464 e. The number of para-hydroxylation sites is 4. The zero-order valence-corrected chi connectivity index (χ0v) is 15.3. The van der Waals surface area contributed by atoms with Gasteiger partial charge in [-0.15, -0.1) is 11.3 Å². The van der Waals surface area contributed by atoms with Crippen LogP contribution in [0, 0.1) is 0 Å². The Morgan fingerprint density at radius 1 is 0.741 bits per heavy atom. The topological polar surface area (TPSA) is 54.7 Å². The third-order valence-corrected chi connectivity index (χ3v) is 4.74. The van der Waals surface area contributed by atoms with E-state index in [9.17, 15) is 0 Å². The van der Waals surface area contributed by atoms with Crippen molar-refractivity contribution >= 4 is 43.6 Å². The van der Waals surface area contributed by atoms with Gasteiger partial charge in [0.15, 0.2) is 0 Å². The van der Waals surface area contributed by atoms with Crippen molar-refractivity contribution in [1.82, 2.24) is 15.0 Å². The van der Waals surface area contributed by atoms with E-state index < -0.39 is 0 Å². The molecule has 6 rings (SSSR count). The van der Waals surface area contributed by atoms with Gasteiger partial charge in [-0.25, -0.2) is 9.97 Å². The summed E-state index contributed by atoms with van der Waals surface area (Å²) in [6, 6.07) is 26.0. The second kappa shape index (κ2) is 8.29. The lowest BCUT2D eigenvalue weighted by molar-refractivity contribution is 0.616. The van der Waals surface area contributed by atoms with Crippen molar-refractivity contribution in [3.05, 3.63) is 97.0 Å². The Kier molecular flexibility index (Phi) is 5.22. The molecule has 0 bridgehead atoms. The summed E-state index contributed by atoms with van der Waals surface area (Å²) in [6.07, 6.45) is 3.40. The van der Waals surface area contributed by atoms with E-state index in [2.05, 4.69) is 21.0 Å². The number of fused-ring (bicyclic) bond motifs is 3. The predicted octanol–water partition coefficient (Wildman–Crippen LogP) is 6.29. The highest BCUT2D eigenvalue weighted by Crippen LogP contribution is 2.15. The van der Waals surface area contributed by atoms with Gasteiger partial charge in [-0.05, 0) is 36.4 Å². The second-order valence-electron chi connectivity index (χ2n) is 5.70. The molecule has 5 heteroatoms. The maximum Gasteiger partial charge on any atom is 0.133 e. The normalized spacial score (nSPS) is 10.2. The molecule has 1 N–H and O–H groups in total. The summed E-state index contributed by atoms with van der Waals surface area (Å²) < 4.78 is 6.38. The molecule has 27 heavy (non-hydrogen) atoms. The van der Waals surface area contributed by atoms with Crippen LogP contribution in [-0.4, -0.2) is 15.0 Å². The summed E-state index contributed by atoms with van der Waals surface area (Å²) in [5, 5.41) is 1.16. The quantitative estimate of drug-likeness (QED) is 0.341. The van der Waals surface area contributed by atoms with E-state index >= 15 is 0 Å². The van der Waals surface area contributed by atoms with Gasteiger partial charge in [-0.3, -0.25) is 0 Å². The smallest absolute Gasteiger partial charge is 0.133 e. The molecular weight excluding hydrogens is 354 g/mol. The lowest BCUT2D eigenvalue weighted by Crippen LogP contribution is -1.63. The number of nitrogens with one attached hydrogen (secondary N) is 1. The molecule has 3 aromatic carbocycles. The Labute approximate surface area is 160 Å². The van der Waals surface area contributed by atoms with E-state index in [1.807, 2.05) is 78.3 Å². The fraction of sp³-hybridized carbons (Fsp3) is 0. The molecule has 0 spiro atoms. The number of aromatic nitrogens is 3. The number of aromatic amines is 1. The zero-order chi connectivity index (χ0) is 18.3. The third kappa shape index (κ3) is 4.22. The second-order valence-corrected chi connectivity index (χ2v) is 6.58. The Hall–Kier alpha value is -3.44. The number of hydrogen-bond donors (Lipinski definition) is 1. The van der Waals surface area contributed by atoms with Crippen LogP contribution in [0.4, 0.5) is 0 Å². The largest absolute Gasteiger partial charge is 0.464 e. The average molecular weight is 371 g/mol. The van der Waals surface area contributed by atoms with Crippen LogP contribution < -0.4 is 0 Å². The molecule has 0 saturated heterocycles. The Balaban J connectivity index is 0.0000001000. The molecular formula is C22H17N3OS.